The lowest BCUT2D eigenvalue weighted by atomic mass is 9.85. The van der Waals surface area contributed by atoms with Crippen molar-refractivity contribution in [2.45, 2.75) is 78.0 Å². The van der Waals surface area contributed by atoms with E-state index in [1.54, 1.807) is 0 Å². The van der Waals surface area contributed by atoms with Gasteiger partial charge in [-0.15, -0.1) is 0 Å². The van der Waals surface area contributed by atoms with Gasteiger partial charge in [0, 0.05) is 12.5 Å². The lowest BCUT2D eigenvalue weighted by Gasteiger charge is -2.38. The minimum absolute atomic E-state index is 0.0909. The van der Waals surface area contributed by atoms with Gasteiger partial charge in [0.15, 0.2) is 14.6 Å². The number of rotatable bonds is 8. The maximum Gasteiger partial charge on any atom is 0.191 e. The highest BCUT2D eigenvalue weighted by Crippen LogP contribution is 2.37. The van der Waals surface area contributed by atoms with E-state index < -0.39 is 8.32 Å². The second-order valence-corrected chi connectivity index (χ2v) is 14.0. The smallest absolute Gasteiger partial charge is 0.191 e. The predicted octanol–water partition coefficient (Wildman–Crippen LogP) is 6.00. The molecule has 0 aliphatic carbocycles. The van der Waals surface area contributed by atoms with Crippen molar-refractivity contribution in [2.75, 3.05) is 13.2 Å². The Morgan fingerprint density at radius 1 is 1.15 bits per heavy atom. The molecule has 3 nitrogen and oxygen atoms in total. The van der Waals surface area contributed by atoms with E-state index in [1.165, 1.54) is 5.56 Å². The van der Waals surface area contributed by atoms with Crippen LogP contribution in [0.2, 0.25) is 18.1 Å². The van der Waals surface area contributed by atoms with Gasteiger partial charge >= 0.3 is 0 Å². The topological polar surface area (TPSA) is 27.7 Å². The molecule has 4 heteroatoms. The highest BCUT2D eigenvalue weighted by atomic mass is 28.4. The van der Waals surface area contributed by atoms with Crippen molar-refractivity contribution >= 4 is 8.32 Å². The van der Waals surface area contributed by atoms with Crippen molar-refractivity contribution in [1.29, 1.82) is 0 Å². The van der Waals surface area contributed by atoms with E-state index in [0.29, 0.717) is 18.4 Å². The normalized spacial score (nSPS) is 24.6. The van der Waals surface area contributed by atoms with Crippen LogP contribution in [0.5, 0.6) is 0 Å². The standard InChI is InChI=1S/C22H38O3Si/c1-18-14-16-23-21(24-17-19-11-8-7-9-12-19)20(18)13-10-15-25-26(5,6)22(2,3)4/h7-9,11-12,18,20-21H,10,13-17H2,1-6H3/t18-,20+,21?/m0/s1. The molecular formula is C22H38O3Si. The molecule has 1 aromatic carbocycles. The fourth-order valence-electron chi connectivity index (χ4n) is 3.18. The molecule has 0 N–H and O–H groups in total. The number of ether oxygens (including phenoxy) is 2. The summed E-state index contributed by atoms with van der Waals surface area (Å²) in [5.74, 6) is 1.09. The summed E-state index contributed by atoms with van der Waals surface area (Å²) >= 11 is 0. The minimum Gasteiger partial charge on any atom is -0.417 e. The van der Waals surface area contributed by atoms with Crippen LogP contribution in [-0.4, -0.2) is 27.8 Å². The monoisotopic (exact) mass is 378 g/mol. The average molecular weight is 379 g/mol. The van der Waals surface area contributed by atoms with Gasteiger partial charge in [-0.2, -0.15) is 0 Å². The number of hydrogen-bond donors (Lipinski definition) is 0. The largest absolute Gasteiger partial charge is 0.417 e. The summed E-state index contributed by atoms with van der Waals surface area (Å²) in [5, 5.41) is 0.273. The molecule has 0 radical (unpaired) electrons. The van der Waals surface area contributed by atoms with E-state index in [2.05, 4.69) is 65.1 Å². The molecule has 0 aromatic heterocycles. The summed E-state index contributed by atoms with van der Waals surface area (Å²) in [6.45, 7) is 16.1. The highest BCUT2D eigenvalue weighted by molar-refractivity contribution is 6.74. The molecule has 0 spiro atoms. The molecule has 26 heavy (non-hydrogen) atoms. The Bertz CT molecular complexity index is 524. The van der Waals surface area contributed by atoms with Crippen LogP contribution in [-0.2, 0) is 20.5 Å². The zero-order chi connectivity index (χ0) is 19.2. The third-order valence-corrected chi connectivity index (χ3v) is 10.7. The molecule has 1 unspecified atom stereocenters. The van der Waals surface area contributed by atoms with Crippen LogP contribution in [0.1, 0.15) is 52.5 Å². The fourth-order valence-corrected chi connectivity index (χ4v) is 4.27. The van der Waals surface area contributed by atoms with Crippen molar-refractivity contribution in [3.8, 4) is 0 Å². The van der Waals surface area contributed by atoms with Crippen LogP contribution in [0.3, 0.4) is 0 Å². The summed E-state index contributed by atoms with van der Waals surface area (Å²) in [5.41, 5.74) is 1.20. The molecule has 3 atom stereocenters. The van der Waals surface area contributed by atoms with Gasteiger partial charge in [0.1, 0.15) is 0 Å². The van der Waals surface area contributed by atoms with Gasteiger partial charge in [-0.1, -0.05) is 58.0 Å². The predicted molar refractivity (Wildman–Crippen MR) is 111 cm³/mol. The SMILES string of the molecule is C[C@H]1CCOC(OCc2ccccc2)[C@@H]1CCCO[Si](C)(C)C(C)(C)C. The Labute approximate surface area is 161 Å². The zero-order valence-corrected chi connectivity index (χ0v) is 18.6. The molecule has 1 aliphatic heterocycles. The van der Waals surface area contributed by atoms with Gasteiger partial charge in [0.05, 0.1) is 13.2 Å². The summed E-state index contributed by atoms with van der Waals surface area (Å²) in [6.07, 6.45) is 3.22. The first kappa shape index (κ1) is 21.6. The number of benzene rings is 1. The summed E-state index contributed by atoms with van der Waals surface area (Å²) in [6, 6.07) is 10.4. The molecule has 148 valence electrons. The second kappa shape index (κ2) is 9.49. The molecular weight excluding hydrogens is 340 g/mol. The van der Waals surface area contributed by atoms with Gasteiger partial charge in [0.2, 0.25) is 0 Å². The third kappa shape index (κ3) is 6.19. The van der Waals surface area contributed by atoms with Crippen LogP contribution in [0.15, 0.2) is 30.3 Å². The van der Waals surface area contributed by atoms with Crippen molar-refractivity contribution in [3.05, 3.63) is 35.9 Å². The second-order valence-electron chi connectivity index (χ2n) is 9.22. The van der Waals surface area contributed by atoms with Crippen LogP contribution < -0.4 is 0 Å². The van der Waals surface area contributed by atoms with E-state index >= 15 is 0 Å². The Hall–Kier alpha value is -0.683. The van der Waals surface area contributed by atoms with Crippen molar-refractivity contribution in [2.24, 2.45) is 11.8 Å². The van der Waals surface area contributed by atoms with E-state index in [-0.39, 0.29) is 11.3 Å². The van der Waals surface area contributed by atoms with Gasteiger partial charge in [0.25, 0.3) is 0 Å². The zero-order valence-electron chi connectivity index (χ0n) is 17.6. The van der Waals surface area contributed by atoms with Crippen molar-refractivity contribution in [1.82, 2.24) is 0 Å². The molecule has 2 rings (SSSR count). The van der Waals surface area contributed by atoms with Crippen molar-refractivity contribution < 1.29 is 13.9 Å². The maximum absolute atomic E-state index is 6.34. The van der Waals surface area contributed by atoms with Gasteiger partial charge in [-0.25, -0.2) is 0 Å². The molecule has 1 saturated heterocycles. The van der Waals surface area contributed by atoms with Crippen molar-refractivity contribution in [3.63, 3.8) is 0 Å². The summed E-state index contributed by atoms with van der Waals surface area (Å²) in [7, 11) is -1.65. The lowest BCUT2D eigenvalue weighted by Crippen LogP contribution is -2.41. The van der Waals surface area contributed by atoms with Crippen LogP contribution in [0, 0.1) is 11.8 Å². The molecule has 0 amide bonds. The van der Waals surface area contributed by atoms with Gasteiger partial charge < -0.3 is 13.9 Å². The molecule has 0 saturated carbocycles. The summed E-state index contributed by atoms with van der Waals surface area (Å²) in [4.78, 5) is 0. The van der Waals surface area contributed by atoms with E-state index in [4.69, 9.17) is 13.9 Å². The quantitative estimate of drug-likeness (QED) is 0.410. The fraction of sp³-hybridized carbons (Fsp3) is 0.727. The highest BCUT2D eigenvalue weighted by Gasteiger charge is 2.37. The maximum atomic E-state index is 6.34. The Balaban J connectivity index is 1.82. The van der Waals surface area contributed by atoms with Gasteiger partial charge in [-0.05, 0) is 48.9 Å². The minimum atomic E-state index is -1.65. The molecule has 1 fully saturated rings. The van der Waals surface area contributed by atoms with Gasteiger partial charge in [-0.3, -0.25) is 0 Å². The van der Waals surface area contributed by atoms with E-state index in [0.717, 1.165) is 32.5 Å². The van der Waals surface area contributed by atoms with Crippen LogP contribution >= 0.6 is 0 Å². The van der Waals surface area contributed by atoms with E-state index in [9.17, 15) is 0 Å². The van der Waals surface area contributed by atoms with Crippen LogP contribution in [0.25, 0.3) is 0 Å². The first-order valence-corrected chi connectivity index (χ1v) is 13.0. The first-order chi connectivity index (χ1) is 12.2. The molecule has 1 heterocycles. The summed E-state index contributed by atoms with van der Waals surface area (Å²) < 4.78 is 18.5. The first-order valence-electron chi connectivity index (χ1n) is 10.1. The Morgan fingerprint density at radius 3 is 2.50 bits per heavy atom. The molecule has 1 aliphatic rings. The molecule has 1 aromatic rings. The number of hydrogen-bond acceptors (Lipinski definition) is 3. The average Bonchev–Trinajstić information content (AvgIpc) is 2.58. The third-order valence-electron chi connectivity index (χ3n) is 6.14. The van der Waals surface area contributed by atoms with Crippen LogP contribution in [0.4, 0.5) is 0 Å². The van der Waals surface area contributed by atoms with E-state index in [1.807, 2.05) is 6.07 Å². The lowest BCUT2D eigenvalue weighted by molar-refractivity contribution is -0.213. The Kier molecular flexibility index (Phi) is 7.89. The Morgan fingerprint density at radius 2 is 1.85 bits per heavy atom. The molecule has 0 bridgehead atoms.